The van der Waals surface area contributed by atoms with Gasteiger partial charge in [0, 0.05) is 31.6 Å². The van der Waals surface area contributed by atoms with Crippen LogP contribution in [-0.4, -0.2) is 53.7 Å². The topological polar surface area (TPSA) is 82.8 Å². The van der Waals surface area contributed by atoms with Crippen LogP contribution in [0.25, 0.3) is 0 Å². The van der Waals surface area contributed by atoms with E-state index >= 15 is 0 Å². The van der Waals surface area contributed by atoms with Gasteiger partial charge in [0.1, 0.15) is 0 Å². The van der Waals surface area contributed by atoms with E-state index in [0.717, 1.165) is 19.6 Å². The van der Waals surface area contributed by atoms with Gasteiger partial charge in [-0.15, -0.1) is 0 Å². The summed E-state index contributed by atoms with van der Waals surface area (Å²) in [6.45, 7) is 2.74. The number of carboxylic acids is 1. The first-order chi connectivity index (χ1) is 9.79. The minimum absolute atomic E-state index is 0.0196. The van der Waals surface area contributed by atoms with E-state index < -0.39 is 12.1 Å². The summed E-state index contributed by atoms with van der Waals surface area (Å²) in [7, 11) is 0. The molecular weight excluding hydrogens is 293 g/mol. The van der Waals surface area contributed by atoms with Gasteiger partial charge in [0.2, 0.25) is 0 Å². The molecule has 0 aromatic carbocycles. The lowest BCUT2D eigenvalue weighted by atomic mass is 9.96. The average molecular weight is 306 g/mol. The molecule has 21 heavy (non-hydrogen) atoms. The monoisotopic (exact) mass is 306 g/mol. The van der Waals surface area contributed by atoms with Gasteiger partial charge < -0.3 is 19.7 Å². The third-order valence-electron chi connectivity index (χ3n) is 3.34. The van der Waals surface area contributed by atoms with Crippen LogP contribution in [0.4, 0.5) is 13.2 Å². The van der Waals surface area contributed by atoms with Crippen molar-refractivity contribution in [3.63, 3.8) is 0 Å². The summed E-state index contributed by atoms with van der Waals surface area (Å²) >= 11 is 0. The van der Waals surface area contributed by atoms with E-state index in [1.807, 2.05) is 4.90 Å². The number of likely N-dealkylation sites (tertiary alicyclic amines) is 1. The first-order valence-electron chi connectivity index (χ1n) is 6.15. The zero-order valence-electron chi connectivity index (χ0n) is 10.8. The number of aliphatic carboxylic acids is 1. The highest BCUT2D eigenvalue weighted by atomic mass is 19.4. The van der Waals surface area contributed by atoms with Gasteiger partial charge in [0.25, 0.3) is 5.91 Å². The van der Waals surface area contributed by atoms with E-state index in [9.17, 15) is 18.0 Å². The van der Waals surface area contributed by atoms with E-state index in [-0.39, 0.29) is 5.91 Å². The Morgan fingerprint density at radius 1 is 1.38 bits per heavy atom. The van der Waals surface area contributed by atoms with Crippen molar-refractivity contribution >= 4 is 11.9 Å². The van der Waals surface area contributed by atoms with Crippen molar-refractivity contribution < 1.29 is 32.3 Å². The number of hydrogen-bond acceptors (Lipinski definition) is 4. The summed E-state index contributed by atoms with van der Waals surface area (Å²) in [5.41, 5.74) is 0. The number of carbonyl (C=O) groups is 2. The maximum Gasteiger partial charge on any atom is 0.490 e. The van der Waals surface area contributed by atoms with Gasteiger partial charge in [-0.1, -0.05) is 0 Å². The Morgan fingerprint density at radius 3 is 2.38 bits per heavy atom. The number of amides is 1. The number of hydrogen-bond donors (Lipinski definition) is 2. The van der Waals surface area contributed by atoms with Crippen LogP contribution in [0.15, 0.2) is 22.8 Å². The van der Waals surface area contributed by atoms with Crippen LogP contribution in [0.5, 0.6) is 0 Å². The molecule has 0 unspecified atom stereocenters. The minimum atomic E-state index is -5.08. The highest BCUT2D eigenvalue weighted by Gasteiger charge is 2.41. The zero-order chi connectivity index (χ0) is 15.6. The second kappa shape index (κ2) is 5.76. The third-order valence-corrected chi connectivity index (χ3v) is 3.34. The molecule has 2 fully saturated rings. The third kappa shape index (κ3) is 3.54. The van der Waals surface area contributed by atoms with E-state index in [4.69, 9.17) is 14.3 Å². The highest BCUT2D eigenvalue weighted by molar-refractivity contribution is 5.91. The molecular formula is C12H13F3N2O4. The summed E-state index contributed by atoms with van der Waals surface area (Å²) < 4.78 is 36.8. The lowest BCUT2D eigenvalue weighted by Crippen LogP contribution is -2.51. The molecule has 0 radical (unpaired) electrons. The fraction of sp³-hybridized carbons (Fsp3) is 0.500. The molecule has 1 amide bonds. The zero-order valence-corrected chi connectivity index (χ0v) is 10.8. The van der Waals surface area contributed by atoms with Crippen molar-refractivity contribution in [3.05, 3.63) is 24.2 Å². The molecule has 3 heterocycles. The Labute approximate surface area is 117 Å². The molecule has 0 spiro atoms. The molecule has 2 atom stereocenters. The van der Waals surface area contributed by atoms with Crippen LogP contribution in [-0.2, 0) is 4.79 Å². The molecule has 0 saturated carbocycles. The number of nitrogens with one attached hydrogen (secondary N) is 1. The number of alkyl halides is 3. The summed E-state index contributed by atoms with van der Waals surface area (Å²) in [4.78, 5) is 22.6. The van der Waals surface area contributed by atoms with Crippen molar-refractivity contribution in [2.24, 2.45) is 5.92 Å². The van der Waals surface area contributed by atoms with E-state index in [1.165, 1.54) is 6.26 Å². The normalized spacial score (nSPS) is 23.7. The fourth-order valence-electron chi connectivity index (χ4n) is 2.17. The molecule has 2 N–H and O–H groups in total. The number of carboxylic acid groups (broad SMARTS) is 1. The van der Waals surface area contributed by atoms with E-state index in [0.29, 0.717) is 17.7 Å². The van der Waals surface area contributed by atoms with Crippen molar-refractivity contribution in [2.75, 3.05) is 19.6 Å². The SMILES string of the molecule is O=C(O)C(F)(F)F.O=C(c1ccco1)N1C[C@H]2CN[C@H]2C1. The van der Waals surface area contributed by atoms with Crippen molar-refractivity contribution in [1.82, 2.24) is 10.2 Å². The molecule has 2 saturated heterocycles. The molecule has 1 aromatic rings. The van der Waals surface area contributed by atoms with Gasteiger partial charge in [-0.25, -0.2) is 4.79 Å². The largest absolute Gasteiger partial charge is 0.490 e. The van der Waals surface area contributed by atoms with Crippen molar-refractivity contribution in [3.8, 4) is 0 Å². The van der Waals surface area contributed by atoms with Crippen LogP contribution in [0.1, 0.15) is 10.6 Å². The quantitative estimate of drug-likeness (QED) is 0.807. The average Bonchev–Trinajstić information content (AvgIpc) is 2.98. The molecule has 2 aliphatic rings. The van der Waals surface area contributed by atoms with Gasteiger partial charge in [0.15, 0.2) is 5.76 Å². The van der Waals surface area contributed by atoms with Gasteiger partial charge >= 0.3 is 12.1 Å². The summed E-state index contributed by atoms with van der Waals surface area (Å²) in [6.07, 6.45) is -3.55. The smallest absolute Gasteiger partial charge is 0.475 e. The molecule has 9 heteroatoms. The molecule has 0 bridgehead atoms. The lowest BCUT2D eigenvalue weighted by molar-refractivity contribution is -0.192. The van der Waals surface area contributed by atoms with E-state index in [1.54, 1.807) is 12.1 Å². The van der Waals surface area contributed by atoms with Gasteiger partial charge in [-0.3, -0.25) is 4.79 Å². The minimum Gasteiger partial charge on any atom is -0.475 e. The Morgan fingerprint density at radius 2 is 2.05 bits per heavy atom. The second-order valence-electron chi connectivity index (χ2n) is 4.77. The van der Waals surface area contributed by atoms with Gasteiger partial charge in [-0.05, 0) is 12.1 Å². The van der Waals surface area contributed by atoms with Crippen LogP contribution in [0.2, 0.25) is 0 Å². The predicted octanol–water partition coefficient (Wildman–Crippen LogP) is 0.957. The summed E-state index contributed by atoms with van der Waals surface area (Å²) in [6, 6.07) is 3.99. The second-order valence-corrected chi connectivity index (χ2v) is 4.77. The number of rotatable bonds is 1. The molecule has 116 valence electrons. The molecule has 3 rings (SSSR count). The van der Waals surface area contributed by atoms with Crippen LogP contribution >= 0.6 is 0 Å². The Hall–Kier alpha value is -2.03. The van der Waals surface area contributed by atoms with Crippen LogP contribution in [0.3, 0.4) is 0 Å². The fourth-order valence-corrected chi connectivity index (χ4v) is 2.17. The molecule has 6 nitrogen and oxygen atoms in total. The van der Waals surface area contributed by atoms with E-state index in [2.05, 4.69) is 5.32 Å². The summed E-state index contributed by atoms with van der Waals surface area (Å²) in [5, 5.41) is 10.4. The van der Waals surface area contributed by atoms with Gasteiger partial charge in [-0.2, -0.15) is 13.2 Å². The maximum absolute atomic E-state index is 11.8. The maximum atomic E-state index is 11.8. The number of nitrogens with zero attached hydrogens (tertiary/aromatic N) is 1. The molecule has 2 aliphatic heterocycles. The number of furan rings is 1. The van der Waals surface area contributed by atoms with Crippen molar-refractivity contribution in [1.29, 1.82) is 0 Å². The first-order valence-corrected chi connectivity index (χ1v) is 6.15. The Balaban J connectivity index is 0.000000199. The van der Waals surface area contributed by atoms with Crippen molar-refractivity contribution in [2.45, 2.75) is 12.2 Å². The number of halogens is 3. The van der Waals surface area contributed by atoms with Gasteiger partial charge in [0.05, 0.1) is 6.26 Å². The first kappa shape index (κ1) is 15.4. The van der Waals surface area contributed by atoms with Crippen LogP contribution in [0, 0.1) is 5.92 Å². The summed E-state index contributed by atoms with van der Waals surface area (Å²) in [5.74, 6) is -1.63. The lowest BCUT2D eigenvalue weighted by Gasteiger charge is -2.29. The number of fused-ring (bicyclic) bond motifs is 1. The molecule has 0 aliphatic carbocycles. The highest BCUT2D eigenvalue weighted by Crippen LogP contribution is 2.24. The Kier molecular flexibility index (Phi) is 4.21. The predicted molar refractivity (Wildman–Crippen MR) is 63.6 cm³/mol. The Bertz CT molecular complexity index is 503. The molecule has 1 aromatic heterocycles. The number of carbonyl (C=O) groups excluding carboxylic acids is 1. The van der Waals surface area contributed by atoms with Crippen LogP contribution < -0.4 is 5.32 Å². The standard InChI is InChI=1S/C10H12N2O2.C2HF3O2/c13-10(9-2-1-3-14-9)12-5-7-4-11-8(7)6-12;3-2(4,5)1(6)7/h1-3,7-8,11H,4-6H2;(H,6,7)/t7-,8+;/m1./s1.